The van der Waals surface area contributed by atoms with E-state index in [9.17, 15) is 9.18 Å². The average Bonchev–Trinajstić information content (AvgIpc) is 3.20. The molecule has 3 aromatic rings. The molecule has 2 aromatic heterocycles. The van der Waals surface area contributed by atoms with Gasteiger partial charge in [0.25, 0.3) is 5.91 Å². The maximum Gasteiger partial charge on any atom is 0.268 e. The van der Waals surface area contributed by atoms with E-state index >= 15 is 0 Å². The molecule has 1 fully saturated rings. The second-order valence-corrected chi connectivity index (χ2v) is 7.06. The fourth-order valence-electron chi connectivity index (χ4n) is 3.58. The molecule has 0 unspecified atom stereocenters. The van der Waals surface area contributed by atoms with Gasteiger partial charge >= 0.3 is 0 Å². The van der Waals surface area contributed by atoms with E-state index in [-0.39, 0.29) is 11.7 Å². The van der Waals surface area contributed by atoms with Gasteiger partial charge in [-0.25, -0.2) is 4.39 Å². The van der Waals surface area contributed by atoms with Crippen LogP contribution in [0.25, 0.3) is 11.1 Å². The van der Waals surface area contributed by atoms with Crippen molar-refractivity contribution in [1.82, 2.24) is 14.8 Å². The second kappa shape index (κ2) is 8.16. The summed E-state index contributed by atoms with van der Waals surface area (Å²) in [5.74, 6) is 0.326. The van der Waals surface area contributed by atoms with Gasteiger partial charge in [-0.05, 0) is 24.6 Å². The van der Waals surface area contributed by atoms with Crippen LogP contribution in [0, 0.1) is 12.7 Å². The summed E-state index contributed by atoms with van der Waals surface area (Å²) in [7, 11) is 0. The van der Waals surface area contributed by atoms with Crippen LogP contribution in [-0.2, 0) is 11.3 Å². The number of rotatable bonds is 6. The number of amides is 1. The molecule has 148 valence electrons. The molecule has 0 radical (unpaired) electrons. The number of fused-ring (bicyclic) bond motifs is 1. The predicted octanol–water partition coefficient (Wildman–Crippen LogP) is 2.79. The van der Waals surface area contributed by atoms with Gasteiger partial charge in [0.05, 0.1) is 18.7 Å². The fourth-order valence-corrected chi connectivity index (χ4v) is 3.58. The Morgan fingerprint density at radius 3 is 2.82 bits per heavy atom. The number of carbonyl (C=O) groups excluding carboxylic acids is 1. The highest BCUT2D eigenvalue weighted by molar-refractivity contribution is 5.97. The monoisotopic (exact) mass is 385 g/mol. The zero-order chi connectivity index (χ0) is 19.5. The van der Waals surface area contributed by atoms with E-state index in [0.717, 1.165) is 49.7 Å². The van der Waals surface area contributed by atoms with E-state index in [4.69, 9.17) is 9.15 Å². The van der Waals surface area contributed by atoms with Gasteiger partial charge in [0.2, 0.25) is 0 Å². The number of carbonyl (C=O) groups is 1. The van der Waals surface area contributed by atoms with Crippen molar-refractivity contribution in [1.29, 1.82) is 0 Å². The highest BCUT2D eigenvalue weighted by Gasteiger charge is 2.19. The third-order valence-electron chi connectivity index (χ3n) is 4.99. The molecule has 1 aromatic carbocycles. The van der Waals surface area contributed by atoms with Crippen LogP contribution in [0.5, 0.6) is 0 Å². The van der Waals surface area contributed by atoms with Gasteiger partial charge < -0.3 is 19.0 Å². The number of morpholine rings is 1. The van der Waals surface area contributed by atoms with Crippen molar-refractivity contribution in [2.45, 2.75) is 13.5 Å². The van der Waals surface area contributed by atoms with Gasteiger partial charge in [-0.15, -0.1) is 0 Å². The first-order valence-corrected chi connectivity index (χ1v) is 9.52. The van der Waals surface area contributed by atoms with E-state index in [0.29, 0.717) is 24.4 Å². The van der Waals surface area contributed by atoms with Gasteiger partial charge in [-0.1, -0.05) is 12.1 Å². The second-order valence-electron chi connectivity index (χ2n) is 7.06. The van der Waals surface area contributed by atoms with Gasteiger partial charge in [0.1, 0.15) is 17.3 Å². The third kappa shape index (κ3) is 4.10. The van der Waals surface area contributed by atoms with Crippen molar-refractivity contribution in [3.8, 4) is 0 Å². The Morgan fingerprint density at radius 2 is 2.04 bits per heavy atom. The molecule has 0 aliphatic carbocycles. The van der Waals surface area contributed by atoms with E-state index in [1.807, 2.05) is 23.6 Å². The first-order valence-electron chi connectivity index (χ1n) is 9.52. The summed E-state index contributed by atoms with van der Waals surface area (Å²) in [6.07, 6.45) is 0. The highest BCUT2D eigenvalue weighted by Crippen LogP contribution is 2.25. The number of aryl methyl sites for hydroxylation is 1. The van der Waals surface area contributed by atoms with Crippen LogP contribution in [0.1, 0.15) is 21.8 Å². The molecule has 1 saturated heterocycles. The largest absolute Gasteiger partial charge is 0.460 e. The summed E-state index contributed by atoms with van der Waals surface area (Å²) in [6, 6.07) is 10.1. The molecule has 1 aliphatic heterocycles. The van der Waals surface area contributed by atoms with Gasteiger partial charge in [-0.3, -0.25) is 9.69 Å². The fraction of sp³-hybridized carbons (Fsp3) is 0.381. The number of hydrogen-bond acceptors (Lipinski definition) is 4. The Balaban J connectivity index is 1.52. The Bertz CT molecular complexity index is 973. The van der Waals surface area contributed by atoms with Crippen molar-refractivity contribution in [3.05, 3.63) is 59.2 Å². The molecule has 28 heavy (non-hydrogen) atoms. The topological polar surface area (TPSA) is 59.6 Å². The van der Waals surface area contributed by atoms with Crippen molar-refractivity contribution in [2.24, 2.45) is 0 Å². The molecule has 1 aliphatic rings. The predicted molar refractivity (Wildman–Crippen MR) is 104 cm³/mol. The molecular weight excluding hydrogens is 361 g/mol. The Labute approximate surface area is 162 Å². The summed E-state index contributed by atoms with van der Waals surface area (Å²) < 4.78 is 26.5. The number of benzene rings is 1. The van der Waals surface area contributed by atoms with Crippen LogP contribution in [0.4, 0.5) is 4.39 Å². The number of aromatic nitrogens is 1. The standard InChI is InChI=1S/C21H24FN3O3/c1-15-11-18-20(28-15)13-19(25(18)14-16-3-2-4-17(22)12-16)21(26)23-5-6-24-7-9-27-10-8-24/h2-4,11-13H,5-10,14H2,1H3,(H,23,26). The highest BCUT2D eigenvalue weighted by atomic mass is 19.1. The third-order valence-corrected chi connectivity index (χ3v) is 4.99. The van der Waals surface area contributed by atoms with E-state index in [1.165, 1.54) is 12.1 Å². The van der Waals surface area contributed by atoms with Crippen molar-refractivity contribution in [3.63, 3.8) is 0 Å². The number of furan rings is 1. The lowest BCUT2D eigenvalue weighted by Crippen LogP contribution is -2.41. The summed E-state index contributed by atoms with van der Waals surface area (Å²) >= 11 is 0. The molecule has 0 bridgehead atoms. The molecule has 0 atom stereocenters. The van der Waals surface area contributed by atoms with Gasteiger partial charge in [-0.2, -0.15) is 0 Å². The van der Waals surface area contributed by atoms with E-state index in [1.54, 1.807) is 12.1 Å². The summed E-state index contributed by atoms with van der Waals surface area (Å²) in [4.78, 5) is 15.1. The molecule has 4 rings (SSSR count). The Kier molecular flexibility index (Phi) is 5.45. The van der Waals surface area contributed by atoms with Crippen LogP contribution < -0.4 is 5.32 Å². The lowest BCUT2D eigenvalue weighted by Gasteiger charge is -2.26. The number of ether oxygens (including phenoxy) is 1. The minimum absolute atomic E-state index is 0.159. The quantitative estimate of drug-likeness (QED) is 0.709. The summed E-state index contributed by atoms with van der Waals surface area (Å²) in [5, 5.41) is 2.99. The summed E-state index contributed by atoms with van der Waals surface area (Å²) in [5.41, 5.74) is 2.80. The Morgan fingerprint density at radius 1 is 1.21 bits per heavy atom. The van der Waals surface area contributed by atoms with Crippen molar-refractivity contribution < 1.29 is 18.3 Å². The van der Waals surface area contributed by atoms with Crippen molar-refractivity contribution in [2.75, 3.05) is 39.4 Å². The van der Waals surface area contributed by atoms with Crippen LogP contribution in [0.15, 0.2) is 40.8 Å². The zero-order valence-electron chi connectivity index (χ0n) is 15.9. The van der Waals surface area contributed by atoms with Crippen LogP contribution >= 0.6 is 0 Å². The van der Waals surface area contributed by atoms with E-state index < -0.39 is 0 Å². The number of halogens is 1. The number of hydrogen-bond donors (Lipinski definition) is 1. The lowest BCUT2D eigenvalue weighted by molar-refractivity contribution is 0.0383. The molecular formula is C21H24FN3O3. The maximum atomic E-state index is 13.6. The first kappa shape index (κ1) is 18.7. The molecule has 3 heterocycles. The number of nitrogens with zero attached hydrogens (tertiary/aromatic N) is 2. The molecule has 7 heteroatoms. The van der Waals surface area contributed by atoms with Gasteiger partial charge in [0, 0.05) is 44.9 Å². The van der Waals surface area contributed by atoms with Crippen LogP contribution in [-0.4, -0.2) is 54.8 Å². The minimum Gasteiger partial charge on any atom is -0.460 e. The first-order chi connectivity index (χ1) is 13.6. The van der Waals surface area contributed by atoms with Crippen LogP contribution in [0.2, 0.25) is 0 Å². The van der Waals surface area contributed by atoms with Crippen LogP contribution in [0.3, 0.4) is 0 Å². The maximum absolute atomic E-state index is 13.6. The average molecular weight is 385 g/mol. The molecule has 0 saturated carbocycles. The normalized spacial score (nSPS) is 15.2. The van der Waals surface area contributed by atoms with Crippen molar-refractivity contribution >= 4 is 17.0 Å². The minimum atomic E-state index is -0.291. The Hall–Kier alpha value is -2.64. The molecule has 0 spiro atoms. The lowest BCUT2D eigenvalue weighted by atomic mass is 10.2. The summed E-state index contributed by atoms with van der Waals surface area (Å²) in [6.45, 7) is 6.86. The van der Waals surface area contributed by atoms with E-state index in [2.05, 4.69) is 10.2 Å². The molecule has 6 nitrogen and oxygen atoms in total. The molecule has 1 amide bonds. The molecule has 1 N–H and O–H groups in total. The van der Waals surface area contributed by atoms with Gasteiger partial charge in [0.15, 0.2) is 5.58 Å². The number of nitrogens with one attached hydrogen (secondary N) is 1. The SMILES string of the molecule is Cc1cc2c(cc(C(=O)NCCN3CCOCC3)n2Cc2cccc(F)c2)o1. The smallest absolute Gasteiger partial charge is 0.268 e. The zero-order valence-corrected chi connectivity index (χ0v) is 15.9.